The Bertz CT molecular complexity index is 5610. The summed E-state index contributed by atoms with van der Waals surface area (Å²) in [5.41, 5.74) is 21.6. The van der Waals surface area contributed by atoms with Crippen molar-refractivity contribution in [3.05, 3.63) is 312 Å². The first-order valence-electron chi connectivity index (χ1n) is 28.6. The minimum absolute atomic E-state index is 0.000138. The van der Waals surface area contributed by atoms with Crippen LogP contribution in [-0.4, -0.2) is 8.80 Å². The van der Waals surface area contributed by atoms with E-state index in [0.29, 0.717) is 10.8 Å². The largest absolute Gasteiger partial charge is 0.275 e. The summed E-state index contributed by atoms with van der Waals surface area (Å²) in [5.74, 6) is 0. The fourth-order valence-electron chi connectivity index (χ4n) is 13.5. The molecule has 390 valence electrons. The zero-order valence-corrected chi connectivity index (χ0v) is 45.4. The number of pyridine rings is 2. The van der Waals surface area contributed by atoms with E-state index < -0.39 is 0 Å². The van der Waals surface area contributed by atoms with Gasteiger partial charge >= 0.3 is 0 Å². The predicted octanol–water partition coefficient (Wildman–Crippen LogP) is 20.0. The monoisotopic (exact) mass is 1070 g/mol. The molecule has 0 amide bonds. The lowest BCUT2D eigenvalue weighted by molar-refractivity contribution is 1.21. The van der Waals surface area contributed by atoms with Gasteiger partial charge in [0.15, 0.2) is 0 Å². The van der Waals surface area contributed by atoms with Crippen LogP contribution < -0.4 is 11.1 Å². The molecule has 0 spiro atoms. The number of hydrogen-bond donors (Lipinski definition) is 0. The summed E-state index contributed by atoms with van der Waals surface area (Å²) >= 11 is 0. The Labute approximate surface area is 483 Å². The van der Waals surface area contributed by atoms with E-state index in [2.05, 4.69) is 255 Å². The molecular formula is C80H48N2O2. The predicted molar refractivity (Wildman–Crippen MR) is 352 cm³/mol. The van der Waals surface area contributed by atoms with Gasteiger partial charge in [-0.3, -0.25) is 18.4 Å². The Morgan fingerprint density at radius 2 is 0.429 bits per heavy atom. The molecular weight excluding hydrogens is 1020 g/mol. The van der Waals surface area contributed by atoms with Crippen LogP contribution in [0.5, 0.6) is 0 Å². The van der Waals surface area contributed by atoms with E-state index in [1.165, 1.54) is 11.1 Å². The van der Waals surface area contributed by atoms with E-state index in [-0.39, 0.29) is 11.1 Å². The summed E-state index contributed by atoms with van der Waals surface area (Å²) in [6, 6.07) is 103. The van der Waals surface area contributed by atoms with Crippen molar-refractivity contribution in [2.45, 2.75) is 0 Å². The summed E-state index contributed by atoms with van der Waals surface area (Å²) in [4.78, 5) is 29.2. The third-order valence-electron chi connectivity index (χ3n) is 17.6. The average Bonchev–Trinajstić information content (AvgIpc) is 2.38. The van der Waals surface area contributed by atoms with Crippen LogP contribution in [0.3, 0.4) is 0 Å². The van der Waals surface area contributed by atoms with Crippen LogP contribution in [0.1, 0.15) is 0 Å². The first-order valence-corrected chi connectivity index (χ1v) is 28.6. The van der Waals surface area contributed by atoms with Crippen molar-refractivity contribution in [2.24, 2.45) is 0 Å². The Morgan fingerprint density at radius 1 is 0.167 bits per heavy atom. The molecule has 4 nitrogen and oxygen atoms in total. The maximum Gasteiger partial charge on any atom is 0.263 e. The van der Waals surface area contributed by atoms with Gasteiger partial charge in [0, 0.05) is 43.1 Å². The number of fused-ring (bicyclic) bond motifs is 10. The first-order chi connectivity index (χ1) is 41.5. The average molecular weight is 1070 g/mol. The molecule has 0 aliphatic carbocycles. The number of hydrogen-bond acceptors (Lipinski definition) is 2. The van der Waals surface area contributed by atoms with Crippen LogP contribution in [-0.2, 0) is 0 Å². The van der Waals surface area contributed by atoms with E-state index in [1.807, 2.05) is 45.2 Å². The molecule has 0 saturated heterocycles. The third-order valence-corrected chi connectivity index (χ3v) is 17.6. The van der Waals surface area contributed by atoms with E-state index in [0.717, 1.165) is 143 Å². The fourth-order valence-corrected chi connectivity index (χ4v) is 13.5. The van der Waals surface area contributed by atoms with Gasteiger partial charge in [-0.1, -0.05) is 212 Å². The molecule has 4 heteroatoms. The Hall–Kier alpha value is -11.2. The lowest BCUT2D eigenvalue weighted by Crippen LogP contribution is -2.13. The van der Waals surface area contributed by atoms with Crippen molar-refractivity contribution in [3.8, 4) is 89.0 Å². The van der Waals surface area contributed by atoms with Gasteiger partial charge in [-0.2, -0.15) is 0 Å². The molecule has 0 unspecified atom stereocenters. The second-order valence-electron chi connectivity index (χ2n) is 22.3. The fraction of sp³-hybridized carbons (Fsp3) is 0. The van der Waals surface area contributed by atoms with Gasteiger partial charge < -0.3 is 0 Å². The Balaban J connectivity index is 0.730. The third kappa shape index (κ3) is 7.48. The van der Waals surface area contributed by atoms with Crippen molar-refractivity contribution < 1.29 is 0 Å². The topological polar surface area (TPSA) is 43.0 Å². The molecule has 0 bridgehead atoms. The highest BCUT2D eigenvalue weighted by Crippen LogP contribution is 2.43. The van der Waals surface area contributed by atoms with Gasteiger partial charge in [0.2, 0.25) is 0 Å². The molecule has 17 aromatic rings. The molecule has 0 radical (unpaired) electrons. The van der Waals surface area contributed by atoms with Crippen LogP contribution in [0.2, 0.25) is 0 Å². The highest BCUT2D eigenvalue weighted by atomic mass is 16.1. The summed E-state index contributed by atoms with van der Waals surface area (Å²) in [6.07, 6.45) is 0. The second kappa shape index (κ2) is 18.7. The molecule has 0 aliphatic heterocycles. The quantitative estimate of drug-likeness (QED) is 0.142. The molecule has 13 aromatic carbocycles. The van der Waals surface area contributed by atoms with Crippen LogP contribution in [0.15, 0.2) is 301 Å². The van der Waals surface area contributed by atoms with Crippen molar-refractivity contribution >= 4 is 75.9 Å². The number of nitrogens with zero attached hydrogens (tertiary/aromatic N) is 2. The van der Waals surface area contributed by atoms with E-state index in [1.54, 1.807) is 0 Å². The summed E-state index contributed by atoms with van der Waals surface area (Å²) in [5, 5.41) is 9.64. The SMILES string of the molecule is O=c1c2ccccc2c2cc(-c3ccc(-c4cccc(-c5cccc(-c6ccc7c(=O)n8c9ccc(-c%10ccccc%10)cc9c9cc(-c%10ccccc%10)cc(c7c6)c98)c5)c4)cc3)cc3c4cc(-c5ccc(-c6ccccc6)cc5)ccc4n1c23. The van der Waals surface area contributed by atoms with Gasteiger partial charge in [-0.25, -0.2) is 0 Å². The molecule has 17 rings (SSSR count). The van der Waals surface area contributed by atoms with Crippen molar-refractivity contribution in [1.82, 2.24) is 8.80 Å². The van der Waals surface area contributed by atoms with Gasteiger partial charge in [0.25, 0.3) is 11.1 Å². The standard InChI is InChI=1S/C80H48N2O2/c83-79-66-25-11-10-24-65(66)71-45-64(48-73-70-44-61(36-39-75(70)81(79)77(71)73)54-28-26-52(27-29-54)49-14-4-1-5-15-49)55-32-30-53(31-33-55)56-20-12-21-57(40-56)58-22-13-23-59(41-58)62-34-37-67-68(42-62)72-46-63(51-18-8-3-9-19-51)47-74-69-43-60(50-16-6-2-7-17-50)35-38-76(69)82(78(72)74)80(67)84/h1-48H. The van der Waals surface area contributed by atoms with Gasteiger partial charge in [0.05, 0.1) is 22.1 Å². The zero-order valence-electron chi connectivity index (χ0n) is 45.4. The zero-order chi connectivity index (χ0) is 55.6. The maximum atomic E-state index is 14.8. The Kier molecular flexibility index (Phi) is 10.6. The van der Waals surface area contributed by atoms with Crippen LogP contribution in [0.4, 0.5) is 0 Å². The molecule has 4 aromatic heterocycles. The smallest absolute Gasteiger partial charge is 0.263 e. The van der Waals surface area contributed by atoms with Gasteiger partial charge in [0.1, 0.15) is 0 Å². The molecule has 0 atom stereocenters. The molecule has 4 heterocycles. The van der Waals surface area contributed by atoms with Crippen molar-refractivity contribution in [3.63, 3.8) is 0 Å². The molecule has 0 N–H and O–H groups in total. The number of rotatable bonds is 8. The number of benzene rings is 13. The maximum absolute atomic E-state index is 14.8. The minimum Gasteiger partial charge on any atom is -0.275 e. The number of aromatic nitrogens is 2. The van der Waals surface area contributed by atoms with Crippen molar-refractivity contribution in [1.29, 1.82) is 0 Å². The van der Waals surface area contributed by atoms with Gasteiger partial charge in [-0.05, 0) is 179 Å². The van der Waals surface area contributed by atoms with E-state index in [4.69, 9.17) is 0 Å². The lowest BCUT2D eigenvalue weighted by atomic mass is 9.93. The Morgan fingerprint density at radius 3 is 0.905 bits per heavy atom. The highest BCUT2D eigenvalue weighted by Gasteiger charge is 2.22. The van der Waals surface area contributed by atoms with Crippen LogP contribution in [0, 0.1) is 0 Å². The second-order valence-corrected chi connectivity index (χ2v) is 22.3. The summed E-state index contributed by atoms with van der Waals surface area (Å²) in [7, 11) is 0. The first kappa shape index (κ1) is 47.6. The molecule has 0 fully saturated rings. The van der Waals surface area contributed by atoms with Crippen molar-refractivity contribution in [2.75, 3.05) is 0 Å². The van der Waals surface area contributed by atoms with Crippen LogP contribution in [0.25, 0.3) is 165 Å². The highest BCUT2D eigenvalue weighted by molar-refractivity contribution is 6.24. The normalized spacial score (nSPS) is 11.9. The van der Waals surface area contributed by atoms with E-state index >= 15 is 0 Å². The van der Waals surface area contributed by atoms with E-state index in [9.17, 15) is 9.59 Å². The van der Waals surface area contributed by atoms with Crippen LogP contribution >= 0.6 is 0 Å². The molecule has 84 heavy (non-hydrogen) atoms. The summed E-state index contributed by atoms with van der Waals surface area (Å²) < 4.78 is 3.87. The molecule has 0 saturated carbocycles. The summed E-state index contributed by atoms with van der Waals surface area (Å²) in [6.45, 7) is 0. The van der Waals surface area contributed by atoms with Gasteiger partial charge in [-0.15, -0.1) is 0 Å². The lowest BCUT2D eigenvalue weighted by Gasteiger charge is -2.12. The minimum atomic E-state index is -0.0129. The molecule has 0 aliphatic rings.